The highest BCUT2D eigenvalue weighted by Crippen LogP contribution is 2.34. The third-order valence-electron chi connectivity index (χ3n) is 4.85. The summed E-state index contributed by atoms with van der Waals surface area (Å²) < 4.78 is 5.91. The number of carbonyl (C=O) groups excluding carboxylic acids is 1. The number of nitrogens with one attached hydrogen (secondary N) is 1. The van der Waals surface area contributed by atoms with Crippen LogP contribution in [0, 0.1) is 5.92 Å². The van der Waals surface area contributed by atoms with Crippen LogP contribution in [0.25, 0.3) is 0 Å². The Hall–Kier alpha value is -1.22. The molecule has 2 bridgehead atoms. The molecule has 5 rings (SSSR count). The summed E-state index contributed by atoms with van der Waals surface area (Å²) in [6, 6.07) is 4.19. The molecule has 2 aromatic rings. The summed E-state index contributed by atoms with van der Waals surface area (Å²) in [7, 11) is 0. The molecule has 0 aromatic carbocycles. The number of rotatable bonds is 4. The van der Waals surface area contributed by atoms with Gasteiger partial charge in [0.1, 0.15) is 0 Å². The zero-order chi connectivity index (χ0) is 16.7. The molecular formula is C15H17ClN4O2S2. The predicted molar refractivity (Wildman–Crippen MR) is 94.3 cm³/mol. The van der Waals surface area contributed by atoms with E-state index >= 15 is 0 Å². The van der Waals surface area contributed by atoms with Gasteiger partial charge in [0.15, 0.2) is 5.06 Å². The highest BCUT2D eigenvalue weighted by Gasteiger charge is 2.40. The smallest absolute Gasteiger partial charge is 0.301 e. The van der Waals surface area contributed by atoms with Crippen LogP contribution < -0.4 is 10.1 Å². The zero-order valence-electron chi connectivity index (χ0n) is 13.1. The van der Waals surface area contributed by atoms with Crippen molar-refractivity contribution in [1.82, 2.24) is 20.4 Å². The summed E-state index contributed by atoms with van der Waals surface area (Å²) in [4.78, 5) is 15.7. The SMILES string of the molecule is C[C@H]1[C@H](NC(=O)c2ccc(Oc3nnc(Cl)s3)s2)C2CCN1CC2. The lowest BCUT2D eigenvalue weighted by atomic mass is 9.79. The van der Waals surface area contributed by atoms with E-state index in [9.17, 15) is 4.79 Å². The summed E-state index contributed by atoms with van der Waals surface area (Å²) >= 11 is 8.20. The number of nitrogens with zero attached hydrogens (tertiary/aromatic N) is 3. The molecule has 3 saturated heterocycles. The van der Waals surface area contributed by atoms with E-state index in [1.807, 2.05) is 0 Å². The zero-order valence-corrected chi connectivity index (χ0v) is 15.5. The molecule has 3 fully saturated rings. The standard InChI is InChI=1S/C15H17ClN4O2S2/c1-8-12(9-4-6-20(8)7-5-9)17-13(21)10-2-3-11(23-10)22-15-19-18-14(16)24-15/h2-3,8-9,12H,4-7H2,1H3,(H,17,21)/t8-,12-/m0/s1. The molecule has 5 heterocycles. The monoisotopic (exact) mass is 384 g/mol. The Balaban J connectivity index is 1.41. The highest BCUT2D eigenvalue weighted by atomic mass is 35.5. The second-order valence-electron chi connectivity index (χ2n) is 6.15. The molecule has 3 aliphatic heterocycles. The number of piperidine rings is 3. The maximum Gasteiger partial charge on any atom is 0.301 e. The van der Waals surface area contributed by atoms with Crippen molar-refractivity contribution in [3.8, 4) is 10.3 Å². The molecule has 128 valence electrons. The molecule has 2 aromatic heterocycles. The lowest BCUT2D eigenvalue weighted by Gasteiger charge is -2.49. The van der Waals surface area contributed by atoms with Gasteiger partial charge in [-0.05, 0) is 73.8 Å². The van der Waals surface area contributed by atoms with Gasteiger partial charge in [0.2, 0.25) is 4.47 Å². The average Bonchev–Trinajstić information content (AvgIpc) is 3.21. The van der Waals surface area contributed by atoms with Crippen LogP contribution in [-0.4, -0.2) is 46.2 Å². The van der Waals surface area contributed by atoms with Crippen LogP contribution in [0.1, 0.15) is 29.4 Å². The maximum atomic E-state index is 12.6. The molecule has 1 amide bonds. The molecule has 1 N–H and O–H groups in total. The number of ether oxygens (including phenoxy) is 1. The van der Waals surface area contributed by atoms with Crippen LogP contribution in [0.2, 0.25) is 4.47 Å². The van der Waals surface area contributed by atoms with Crippen LogP contribution in [0.3, 0.4) is 0 Å². The van der Waals surface area contributed by atoms with Crippen molar-refractivity contribution in [2.75, 3.05) is 13.1 Å². The van der Waals surface area contributed by atoms with Crippen molar-refractivity contribution >= 4 is 40.2 Å². The predicted octanol–water partition coefficient (Wildman–Crippen LogP) is 3.26. The van der Waals surface area contributed by atoms with E-state index in [1.165, 1.54) is 24.2 Å². The second-order valence-corrected chi connectivity index (χ2v) is 8.72. The molecule has 2 atom stereocenters. The fourth-order valence-electron chi connectivity index (χ4n) is 3.59. The fraction of sp³-hybridized carbons (Fsp3) is 0.533. The van der Waals surface area contributed by atoms with Crippen LogP contribution in [0.5, 0.6) is 10.3 Å². The Kier molecular flexibility index (Phi) is 4.46. The lowest BCUT2D eigenvalue weighted by molar-refractivity contribution is 0.0218. The first-order valence-corrected chi connectivity index (χ1v) is 9.93. The molecule has 6 nitrogen and oxygen atoms in total. The van der Waals surface area contributed by atoms with Gasteiger partial charge >= 0.3 is 5.19 Å². The van der Waals surface area contributed by atoms with Gasteiger partial charge in [-0.2, -0.15) is 0 Å². The summed E-state index contributed by atoms with van der Waals surface area (Å²) in [6.07, 6.45) is 2.35. The number of amides is 1. The second kappa shape index (κ2) is 6.59. The minimum atomic E-state index is -0.0317. The largest absolute Gasteiger partial charge is 0.419 e. The van der Waals surface area contributed by atoms with Crippen molar-refractivity contribution in [1.29, 1.82) is 0 Å². The van der Waals surface area contributed by atoms with Crippen LogP contribution >= 0.6 is 34.3 Å². The van der Waals surface area contributed by atoms with Crippen molar-refractivity contribution in [3.05, 3.63) is 21.5 Å². The average molecular weight is 385 g/mol. The van der Waals surface area contributed by atoms with E-state index in [4.69, 9.17) is 16.3 Å². The Morgan fingerprint density at radius 1 is 1.33 bits per heavy atom. The maximum absolute atomic E-state index is 12.6. The number of halogens is 1. The Bertz CT molecular complexity index is 739. The number of hydrogen-bond donors (Lipinski definition) is 1. The van der Waals surface area contributed by atoms with Gasteiger partial charge in [0.05, 0.1) is 4.88 Å². The van der Waals surface area contributed by atoms with Gasteiger partial charge in [-0.15, -0.1) is 5.10 Å². The van der Waals surface area contributed by atoms with E-state index in [1.54, 1.807) is 12.1 Å². The van der Waals surface area contributed by atoms with Crippen LogP contribution in [0.15, 0.2) is 12.1 Å². The lowest BCUT2D eigenvalue weighted by Crippen LogP contribution is -2.62. The van der Waals surface area contributed by atoms with Crippen molar-refractivity contribution < 1.29 is 9.53 Å². The number of carbonyl (C=O) groups is 1. The third-order valence-corrected chi connectivity index (χ3v) is 6.71. The molecule has 0 unspecified atom stereocenters. The molecule has 0 radical (unpaired) electrons. The number of aromatic nitrogens is 2. The summed E-state index contributed by atoms with van der Waals surface area (Å²) in [6.45, 7) is 4.51. The van der Waals surface area contributed by atoms with E-state index in [-0.39, 0.29) is 11.9 Å². The molecule has 0 aliphatic carbocycles. The quantitative estimate of drug-likeness (QED) is 0.876. The van der Waals surface area contributed by atoms with E-state index in [0.29, 0.717) is 31.6 Å². The first kappa shape index (κ1) is 16.3. The number of hydrogen-bond acceptors (Lipinski definition) is 7. The topological polar surface area (TPSA) is 67.3 Å². The van der Waals surface area contributed by atoms with Gasteiger partial charge in [-0.25, -0.2) is 0 Å². The summed E-state index contributed by atoms with van der Waals surface area (Å²) in [5.74, 6) is 0.559. The normalized spacial score (nSPS) is 28.8. The van der Waals surface area contributed by atoms with Gasteiger partial charge in [-0.3, -0.25) is 9.69 Å². The molecule has 24 heavy (non-hydrogen) atoms. The van der Waals surface area contributed by atoms with E-state index < -0.39 is 0 Å². The van der Waals surface area contributed by atoms with Gasteiger partial charge in [0, 0.05) is 12.1 Å². The molecule has 3 aliphatic rings. The molecule has 9 heteroatoms. The van der Waals surface area contributed by atoms with Gasteiger partial charge in [-0.1, -0.05) is 16.4 Å². The van der Waals surface area contributed by atoms with E-state index in [2.05, 4.69) is 27.3 Å². The summed E-state index contributed by atoms with van der Waals surface area (Å²) in [5, 5.41) is 11.7. The minimum Gasteiger partial charge on any atom is -0.419 e. The van der Waals surface area contributed by atoms with Crippen molar-refractivity contribution in [3.63, 3.8) is 0 Å². The Labute approximate surface area is 152 Å². The van der Waals surface area contributed by atoms with Crippen molar-refractivity contribution in [2.45, 2.75) is 31.8 Å². The highest BCUT2D eigenvalue weighted by molar-refractivity contribution is 7.17. The third kappa shape index (κ3) is 3.15. The van der Waals surface area contributed by atoms with Crippen LogP contribution in [-0.2, 0) is 0 Å². The number of thiophene rings is 1. The molecular weight excluding hydrogens is 368 g/mol. The number of fused-ring (bicyclic) bond motifs is 3. The Morgan fingerprint density at radius 3 is 2.79 bits per heavy atom. The van der Waals surface area contributed by atoms with E-state index in [0.717, 1.165) is 24.4 Å². The van der Waals surface area contributed by atoms with Crippen LogP contribution in [0.4, 0.5) is 0 Å². The van der Waals surface area contributed by atoms with Gasteiger partial charge < -0.3 is 10.1 Å². The molecule has 0 spiro atoms. The fourth-order valence-corrected chi connectivity index (χ4v) is 5.07. The first-order valence-electron chi connectivity index (χ1n) is 7.92. The molecule has 0 saturated carbocycles. The summed E-state index contributed by atoms with van der Waals surface area (Å²) in [5.41, 5.74) is 0. The minimum absolute atomic E-state index is 0.0317. The Morgan fingerprint density at radius 2 is 2.12 bits per heavy atom. The van der Waals surface area contributed by atoms with Crippen molar-refractivity contribution in [2.24, 2.45) is 5.92 Å². The van der Waals surface area contributed by atoms with Gasteiger partial charge in [0.25, 0.3) is 5.91 Å². The first-order chi connectivity index (χ1) is 11.6.